The third-order valence-corrected chi connectivity index (χ3v) is 5.03. The highest BCUT2D eigenvalue weighted by molar-refractivity contribution is 6.08. The summed E-state index contributed by atoms with van der Waals surface area (Å²) < 4.78 is 7.40. The van der Waals surface area contributed by atoms with Crippen LogP contribution in [-0.4, -0.2) is 22.9 Å². The van der Waals surface area contributed by atoms with E-state index in [9.17, 15) is 9.59 Å². The zero-order valence-electron chi connectivity index (χ0n) is 15.7. The Morgan fingerprint density at radius 2 is 1.79 bits per heavy atom. The van der Waals surface area contributed by atoms with Gasteiger partial charge in [-0.1, -0.05) is 30.3 Å². The van der Waals surface area contributed by atoms with Gasteiger partial charge in [0.15, 0.2) is 0 Å². The minimum atomic E-state index is -0.260. The first-order valence-electron chi connectivity index (χ1n) is 9.50. The molecule has 5 nitrogen and oxygen atoms in total. The Morgan fingerprint density at radius 3 is 2.50 bits per heavy atom. The van der Waals surface area contributed by atoms with Crippen LogP contribution in [0, 0.1) is 0 Å². The average Bonchev–Trinajstić information content (AvgIpc) is 3.32. The van der Waals surface area contributed by atoms with Gasteiger partial charge in [0.1, 0.15) is 5.75 Å². The molecule has 1 N–H and O–H groups in total. The van der Waals surface area contributed by atoms with Crippen LogP contribution in [0.3, 0.4) is 0 Å². The van der Waals surface area contributed by atoms with Gasteiger partial charge in [-0.25, -0.2) is 0 Å². The lowest BCUT2D eigenvalue weighted by Crippen LogP contribution is -2.19. The number of carbonyl (C=O) groups excluding carboxylic acids is 2. The second kappa shape index (κ2) is 7.72. The Balaban J connectivity index is 1.50. The van der Waals surface area contributed by atoms with Gasteiger partial charge < -0.3 is 14.6 Å². The molecule has 0 saturated carbocycles. The summed E-state index contributed by atoms with van der Waals surface area (Å²) in [7, 11) is 0. The predicted molar refractivity (Wildman–Crippen MR) is 108 cm³/mol. The van der Waals surface area contributed by atoms with Gasteiger partial charge in [-0.15, -0.1) is 0 Å². The van der Waals surface area contributed by atoms with Gasteiger partial charge in [-0.3, -0.25) is 9.59 Å². The van der Waals surface area contributed by atoms with Crippen LogP contribution in [0.1, 0.15) is 41.0 Å². The standard InChI is InChI=1S/C23H22N2O3/c1-2-28-18-10-8-17(9-11-18)24-23(27)19-14-15-25-20(19)12-13-21(25)22(26)16-6-4-3-5-7-16/h3-13,19H,2,14-15H2,1H3,(H,24,27)/t19-/m1/s1. The van der Waals surface area contributed by atoms with E-state index in [-0.39, 0.29) is 17.6 Å². The monoisotopic (exact) mass is 374 g/mol. The fraction of sp³-hybridized carbons (Fsp3) is 0.217. The molecule has 2 aromatic carbocycles. The summed E-state index contributed by atoms with van der Waals surface area (Å²) in [4.78, 5) is 25.6. The highest BCUT2D eigenvalue weighted by Gasteiger charge is 2.32. The maximum absolute atomic E-state index is 12.8. The number of rotatable bonds is 6. The molecule has 0 radical (unpaired) electrons. The highest BCUT2D eigenvalue weighted by Crippen LogP contribution is 2.32. The number of nitrogens with one attached hydrogen (secondary N) is 1. The Bertz CT molecular complexity index is 990. The van der Waals surface area contributed by atoms with E-state index in [1.807, 2.05) is 78.2 Å². The van der Waals surface area contributed by atoms with Gasteiger partial charge >= 0.3 is 0 Å². The highest BCUT2D eigenvalue weighted by atomic mass is 16.5. The smallest absolute Gasteiger partial charge is 0.233 e. The molecule has 2 heterocycles. The van der Waals surface area contributed by atoms with Crippen molar-refractivity contribution in [3.63, 3.8) is 0 Å². The van der Waals surface area contributed by atoms with Gasteiger partial charge in [0.2, 0.25) is 11.7 Å². The Labute approximate surface area is 163 Å². The number of hydrogen-bond donors (Lipinski definition) is 1. The third-order valence-electron chi connectivity index (χ3n) is 5.03. The van der Waals surface area contributed by atoms with E-state index in [4.69, 9.17) is 4.74 Å². The maximum Gasteiger partial charge on any atom is 0.233 e. The molecule has 0 aliphatic carbocycles. The molecule has 28 heavy (non-hydrogen) atoms. The number of nitrogens with zero attached hydrogens (tertiary/aromatic N) is 1. The topological polar surface area (TPSA) is 60.3 Å². The van der Waals surface area contributed by atoms with Crippen LogP contribution in [0.25, 0.3) is 0 Å². The van der Waals surface area contributed by atoms with Crippen molar-refractivity contribution in [1.29, 1.82) is 0 Å². The quantitative estimate of drug-likeness (QED) is 0.657. The van der Waals surface area contributed by atoms with Crippen molar-refractivity contribution in [3.05, 3.63) is 83.7 Å². The average molecular weight is 374 g/mol. The molecule has 1 amide bonds. The third kappa shape index (κ3) is 3.43. The summed E-state index contributed by atoms with van der Waals surface area (Å²) in [5.41, 5.74) is 2.92. The fourth-order valence-electron chi connectivity index (χ4n) is 3.67. The molecule has 1 atom stereocenters. The molecule has 0 saturated heterocycles. The van der Waals surface area contributed by atoms with Crippen molar-refractivity contribution < 1.29 is 14.3 Å². The molecule has 4 rings (SSSR count). The molecule has 0 bridgehead atoms. The summed E-state index contributed by atoms with van der Waals surface area (Å²) in [6.45, 7) is 3.20. The SMILES string of the molecule is CCOc1ccc(NC(=O)[C@@H]2CCn3c(C(=O)c4ccccc4)ccc32)cc1. The number of fused-ring (bicyclic) bond motifs is 1. The number of ketones is 1. The molecule has 1 aromatic heterocycles. The predicted octanol–water partition coefficient (Wildman–Crippen LogP) is 4.24. The van der Waals surface area contributed by atoms with E-state index in [2.05, 4.69) is 5.32 Å². The fourth-order valence-corrected chi connectivity index (χ4v) is 3.67. The number of aromatic nitrogens is 1. The van der Waals surface area contributed by atoms with Crippen molar-refractivity contribution >= 4 is 17.4 Å². The molecule has 142 valence electrons. The van der Waals surface area contributed by atoms with Crippen LogP contribution in [0.5, 0.6) is 5.75 Å². The van der Waals surface area contributed by atoms with E-state index < -0.39 is 0 Å². The number of benzene rings is 2. The molecule has 1 aliphatic heterocycles. The minimum Gasteiger partial charge on any atom is -0.494 e. The second-order valence-electron chi connectivity index (χ2n) is 6.78. The Morgan fingerprint density at radius 1 is 1.04 bits per heavy atom. The summed E-state index contributed by atoms with van der Waals surface area (Å²) in [6, 6.07) is 20.3. The zero-order valence-corrected chi connectivity index (χ0v) is 15.7. The van der Waals surface area contributed by atoms with E-state index in [0.717, 1.165) is 17.1 Å². The van der Waals surface area contributed by atoms with E-state index in [0.29, 0.717) is 30.8 Å². The van der Waals surface area contributed by atoms with Crippen molar-refractivity contribution in [3.8, 4) is 5.75 Å². The summed E-state index contributed by atoms with van der Waals surface area (Å²) in [5, 5.41) is 2.97. The van der Waals surface area contributed by atoms with Crippen LogP contribution in [0.2, 0.25) is 0 Å². The summed E-state index contributed by atoms with van der Waals surface area (Å²) >= 11 is 0. The van der Waals surface area contributed by atoms with E-state index in [1.54, 1.807) is 0 Å². The molecule has 5 heteroatoms. The molecule has 0 unspecified atom stereocenters. The lowest BCUT2D eigenvalue weighted by Gasteiger charge is -2.11. The molecule has 0 fully saturated rings. The first kappa shape index (κ1) is 18.0. The molecule has 3 aromatic rings. The number of anilines is 1. The van der Waals surface area contributed by atoms with Crippen molar-refractivity contribution in [2.24, 2.45) is 0 Å². The largest absolute Gasteiger partial charge is 0.494 e. The first-order chi connectivity index (χ1) is 13.7. The molecule has 1 aliphatic rings. The lowest BCUT2D eigenvalue weighted by molar-refractivity contribution is -0.117. The Hall–Kier alpha value is -3.34. The van der Waals surface area contributed by atoms with Crippen LogP contribution >= 0.6 is 0 Å². The van der Waals surface area contributed by atoms with Gasteiger partial charge in [0.25, 0.3) is 0 Å². The zero-order chi connectivity index (χ0) is 19.5. The van der Waals surface area contributed by atoms with Crippen molar-refractivity contribution in [1.82, 2.24) is 4.57 Å². The van der Waals surface area contributed by atoms with Crippen LogP contribution in [0.15, 0.2) is 66.7 Å². The molecule has 0 spiro atoms. The van der Waals surface area contributed by atoms with Crippen LogP contribution in [-0.2, 0) is 11.3 Å². The number of hydrogen-bond acceptors (Lipinski definition) is 3. The summed E-state index contributed by atoms with van der Waals surface area (Å²) in [5.74, 6) is 0.447. The number of ether oxygens (including phenoxy) is 1. The van der Waals surface area contributed by atoms with Crippen LogP contribution in [0.4, 0.5) is 5.69 Å². The number of amides is 1. The normalized spacial score (nSPS) is 15.1. The maximum atomic E-state index is 12.8. The first-order valence-corrected chi connectivity index (χ1v) is 9.50. The van der Waals surface area contributed by atoms with E-state index >= 15 is 0 Å². The molecular formula is C23H22N2O3. The number of carbonyl (C=O) groups is 2. The summed E-state index contributed by atoms with van der Waals surface area (Å²) in [6.07, 6.45) is 0.689. The lowest BCUT2D eigenvalue weighted by atomic mass is 10.0. The second-order valence-corrected chi connectivity index (χ2v) is 6.78. The molecular weight excluding hydrogens is 352 g/mol. The van der Waals surface area contributed by atoms with Crippen molar-refractivity contribution in [2.45, 2.75) is 25.8 Å². The Kier molecular flexibility index (Phi) is 4.98. The van der Waals surface area contributed by atoms with E-state index in [1.165, 1.54) is 0 Å². The van der Waals surface area contributed by atoms with Gasteiger partial charge in [-0.2, -0.15) is 0 Å². The van der Waals surface area contributed by atoms with Gasteiger partial charge in [0.05, 0.1) is 18.2 Å². The van der Waals surface area contributed by atoms with Crippen LogP contribution < -0.4 is 10.1 Å². The van der Waals surface area contributed by atoms with Gasteiger partial charge in [-0.05, 0) is 49.7 Å². The van der Waals surface area contributed by atoms with Gasteiger partial charge in [0, 0.05) is 23.5 Å². The van der Waals surface area contributed by atoms with Crippen molar-refractivity contribution in [2.75, 3.05) is 11.9 Å². The minimum absolute atomic E-state index is 0.0144.